The number of hydrogen-bond donors (Lipinski definition) is 2. The van der Waals surface area contributed by atoms with Crippen LogP contribution >= 0.6 is 27.5 Å². The molecular formula is C14H24BrClFN5. The summed E-state index contributed by atoms with van der Waals surface area (Å²) in [6, 6.07) is -0.343. The van der Waals surface area contributed by atoms with Crippen LogP contribution in [0.5, 0.6) is 0 Å². The van der Waals surface area contributed by atoms with E-state index in [0.717, 1.165) is 25.5 Å². The highest BCUT2D eigenvalue weighted by Crippen LogP contribution is 2.39. The van der Waals surface area contributed by atoms with Gasteiger partial charge in [-0.1, -0.05) is 27.5 Å². The lowest BCUT2D eigenvalue weighted by Gasteiger charge is -2.46. The molecule has 0 aromatic carbocycles. The molecule has 0 radical (unpaired) electrons. The van der Waals surface area contributed by atoms with Crippen LogP contribution in [-0.4, -0.2) is 77.6 Å². The fourth-order valence-electron chi connectivity index (χ4n) is 3.67. The van der Waals surface area contributed by atoms with Crippen LogP contribution in [0.4, 0.5) is 4.39 Å². The summed E-state index contributed by atoms with van der Waals surface area (Å²) in [6.45, 7) is 3.11. The normalized spacial score (nSPS) is 36.3. The Labute approximate surface area is 144 Å². The maximum absolute atomic E-state index is 14.5. The summed E-state index contributed by atoms with van der Waals surface area (Å²) < 4.78 is 14.5. The van der Waals surface area contributed by atoms with Crippen LogP contribution in [0.3, 0.4) is 0 Å². The SMILES string of the molecule is CN1C(Cl)N=C(N2CCNC3(CC3)C2)C(CN)C1C(F)CBr. The maximum atomic E-state index is 14.5. The molecule has 0 bridgehead atoms. The van der Waals surface area contributed by atoms with Gasteiger partial charge in [0.1, 0.15) is 12.0 Å². The van der Waals surface area contributed by atoms with Crippen LogP contribution in [0.15, 0.2) is 4.99 Å². The fourth-order valence-corrected chi connectivity index (χ4v) is 4.28. The Morgan fingerprint density at radius 2 is 2.32 bits per heavy atom. The number of rotatable bonds is 3. The molecule has 2 heterocycles. The standard InChI is InChI=1S/C14H24BrClFN5/c1-21-11(10(17)6-15)9(7-18)12(20-13(21)16)22-5-4-19-14(8-22)2-3-14/h9-11,13,19H,2-8,18H2,1H3. The van der Waals surface area contributed by atoms with E-state index < -0.39 is 11.8 Å². The summed E-state index contributed by atoms with van der Waals surface area (Å²) in [5.74, 6) is 0.767. The minimum absolute atomic E-state index is 0.124. The number of alkyl halides is 3. The molecule has 3 N–H and O–H groups in total. The minimum Gasteiger partial charge on any atom is -0.357 e. The van der Waals surface area contributed by atoms with Gasteiger partial charge < -0.3 is 16.0 Å². The second kappa shape index (κ2) is 6.51. The molecule has 4 unspecified atom stereocenters. The number of aliphatic imine (C=N–C) groups is 1. The van der Waals surface area contributed by atoms with Gasteiger partial charge in [0.2, 0.25) is 0 Å². The van der Waals surface area contributed by atoms with Gasteiger partial charge in [0.25, 0.3) is 0 Å². The molecule has 1 spiro atoms. The van der Waals surface area contributed by atoms with Crippen molar-refractivity contribution in [1.29, 1.82) is 0 Å². The summed E-state index contributed by atoms with van der Waals surface area (Å²) in [4.78, 5) is 8.71. The third-order valence-corrected chi connectivity index (χ3v) is 6.14. The Morgan fingerprint density at radius 1 is 1.59 bits per heavy atom. The number of piperazine rings is 1. The van der Waals surface area contributed by atoms with Gasteiger partial charge in [-0.05, 0) is 19.9 Å². The summed E-state index contributed by atoms with van der Waals surface area (Å²) in [7, 11) is 1.82. The number of nitrogens with one attached hydrogen (secondary N) is 1. The Morgan fingerprint density at radius 3 is 2.91 bits per heavy atom. The summed E-state index contributed by atoms with van der Waals surface area (Å²) in [5, 5.41) is 3.86. The van der Waals surface area contributed by atoms with Crippen molar-refractivity contribution in [2.75, 3.05) is 38.6 Å². The Bertz CT molecular complexity index is 447. The molecule has 126 valence electrons. The van der Waals surface area contributed by atoms with Crippen molar-refractivity contribution >= 4 is 33.4 Å². The molecule has 1 saturated carbocycles. The molecular weight excluding hydrogens is 373 g/mol. The molecule has 3 rings (SSSR count). The number of nitrogens with two attached hydrogens (primary N) is 1. The summed E-state index contributed by atoms with van der Waals surface area (Å²) >= 11 is 9.61. The molecule has 1 aliphatic carbocycles. The molecule has 5 nitrogen and oxygen atoms in total. The van der Waals surface area contributed by atoms with E-state index in [1.54, 1.807) is 4.90 Å². The van der Waals surface area contributed by atoms with Crippen molar-refractivity contribution in [3.05, 3.63) is 0 Å². The topological polar surface area (TPSA) is 56.9 Å². The van der Waals surface area contributed by atoms with Gasteiger partial charge in [-0.15, -0.1) is 0 Å². The predicted molar refractivity (Wildman–Crippen MR) is 91.4 cm³/mol. The number of hydrogen-bond acceptors (Lipinski definition) is 5. The predicted octanol–water partition coefficient (Wildman–Crippen LogP) is 0.967. The van der Waals surface area contributed by atoms with E-state index in [0.29, 0.717) is 6.54 Å². The smallest absolute Gasteiger partial charge is 0.180 e. The lowest BCUT2D eigenvalue weighted by atomic mass is 9.91. The molecule has 3 aliphatic rings. The zero-order valence-corrected chi connectivity index (χ0v) is 15.2. The highest BCUT2D eigenvalue weighted by atomic mass is 79.9. The molecule has 2 aliphatic heterocycles. The van der Waals surface area contributed by atoms with Crippen molar-refractivity contribution < 1.29 is 4.39 Å². The van der Waals surface area contributed by atoms with Gasteiger partial charge in [-0.3, -0.25) is 4.90 Å². The number of amidine groups is 1. The quantitative estimate of drug-likeness (QED) is 0.551. The molecule has 8 heteroatoms. The Kier molecular flexibility index (Phi) is 5.00. The molecule has 0 amide bonds. The van der Waals surface area contributed by atoms with Crippen molar-refractivity contribution in [2.24, 2.45) is 16.6 Å². The monoisotopic (exact) mass is 395 g/mol. The van der Waals surface area contributed by atoms with E-state index in [9.17, 15) is 4.39 Å². The first-order valence-electron chi connectivity index (χ1n) is 7.85. The van der Waals surface area contributed by atoms with Crippen molar-refractivity contribution in [2.45, 2.75) is 36.2 Å². The molecule has 4 atom stereocenters. The zero-order chi connectivity index (χ0) is 15.9. The molecule has 22 heavy (non-hydrogen) atoms. The second-order valence-corrected chi connectivity index (χ2v) is 7.63. The van der Waals surface area contributed by atoms with Crippen molar-refractivity contribution in [1.82, 2.24) is 15.1 Å². The minimum atomic E-state index is -1.02. The highest BCUT2D eigenvalue weighted by molar-refractivity contribution is 9.09. The van der Waals surface area contributed by atoms with Gasteiger partial charge in [-0.2, -0.15) is 0 Å². The number of halogens is 3. The van der Waals surface area contributed by atoms with Crippen LogP contribution in [-0.2, 0) is 0 Å². The number of nitrogens with zero attached hydrogens (tertiary/aromatic N) is 3. The van der Waals surface area contributed by atoms with Gasteiger partial charge in [-0.25, -0.2) is 9.38 Å². The van der Waals surface area contributed by atoms with E-state index in [1.807, 2.05) is 7.05 Å². The first kappa shape index (κ1) is 16.9. The largest absolute Gasteiger partial charge is 0.357 e. The first-order chi connectivity index (χ1) is 10.5. The van der Waals surface area contributed by atoms with Gasteiger partial charge in [0, 0.05) is 43.0 Å². The van der Waals surface area contributed by atoms with Crippen LogP contribution in [0.2, 0.25) is 0 Å². The van der Waals surface area contributed by atoms with E-state index >= 15 is 0 Å². The van der Waals surface area contributed by atoms with Crippen LogP contribution in [0.1, 0.15) is 12.8 Å². The fraction of sp³-hybridized carbons (Fsp3) is 0.929. The molecule has 0 aromatic rings. The highest BCUT2D eigenvalue weighted by Gasteiger charge is 2.49. The average molecular weight is 397 g/mol. The third-order valence-electron chi connectivity index (χ3n) is 5.11. The molecule has 1 saturated heterocycles. The molecule has 2 fully saturated rings. The van der Waals surface area contributed by atoms with Crippen LogP contribution in [0.25, 0.3) is 0 Å². The second-order valence-electron chi connectivity index (χ2n) is 6.60. The third kappa shape index (κ3) is 3.02. The average Bonchev–Trinajstić information content (AvgIpc) is 3.27. The van der Waals surface area contributed by atoms with Crippen LogP contribution < -0.4 is 11.1 Å². The first-order valence-corrected chi connectivity index (χ1v) is 9.41. The van der Waals surface area contributed by atoms with Crippen molar-refractivity contribution in [3.8, 4) is 0 Å². The molecule has 0 aromatic heterocycles. The maximum Gasteiger partial charge on any atom is 0.180 e. The Balaban J connectivity index is 1.85. The summed E-state index contributed by atoms with van der Waals surface area (Å²) in [5.41, 5.74) is 5.70. The van der Waals surface area contributed by atoms with Gasteiger partial charge >= 0.3 is 0 Å². The van der Waals surface area contributed by atoms with Crippen LogP contribution in [0, 0.1) is 5.92 Å². The lowest BCUT2D eigenvalue weighted by Crippen LogP contribution is -2.63. The van der Waals surface area contributed by atoms with E-state index in [1.165, 1.54) is 12.8 Å². The lowest BCUT2D eigenvalue weighted by molar-refractivity contribution is 0.0930. The van der Waals surface area contributed by atoms with E-state index in [4.69, 9.17) is 17.3 Å². The van der Waals surface area contributed by atoms with E-state index in [2.05, 4.69) is 31.1 Å². The van der Waals surface area contributed by atoms with Gasteiger partial charge in [0.15, 0.2) is 5.62 Å². The zero-order valence-electron chi connectivity index (χ0n) is 12.8. The Hall–Kier alpha value is 0.0500. The van der Waals surface area contributed by atoms with E-state index in [-0.39, 0.29) is 22.8 Å². The van der Waals surface area contributed by atoms with Gasteiger partial charge in [0.05, 0.1) is 6.04 Å². The summed E-state index contributed by atoms with van der Waals surface area (Å²) in [6.07, 6.45) is 1.37. The van der Waals surface area contributed by atoms with Crippen molar-refractivity contribution in [3.63, 3.8) is 0 Å².